The number of ether oxygens (including phenoxy) is 1. The van der Waals surface area contributed by atoms with Crippen LogP contribution in [0.3, 0.4) is 0 Å². The number of alkyl halides is 5. The number of hydrogen-bond acceptors (Lipinski definition) is 6. The van der Waals surface area contributed by atoms with E-state index in [2.05, 4.69) is 4.74 Å². The second-order valence-corrected chi connectivity index (χ2v) is 12.5. The first-order valence-electron chi connectivity index (χ1n) is 13.2. The lowest BCUT2D eigenvalue weighted by Gasteiger charge is -2.41. The van der Waals surface area contributed by atoms with Gasteiger partial charge in [0.2, 0.25) is 10.0 Å². The molecule has 0 bridgehead atoms. The minimum Gasteiger partial charge on any atom is -0.426 e. The highest BCUT2D eigenvalue weighted by molar-refractivity contribution is 7.89. The molecule has 0 spiro atoms. The summed E-state index contributed by atoms with van der Waals surface area (Å²) in [5.41, 5.74) is 0.869. The zero-order valence-corrected chi connectivity index (χ0v) is 23.1. The Kier molecular flexibility index (Phi) is 9.14. The Bertz CT molecular complexity index is 1370. The lowest BCUT2D eigenvalue weighted by Crippen LogP contribution is -2.54. The number of sulfonamides is 1. The van der Waals surface area contributed by atoms with Crippen LogP contribution in [0.2, 0.25) is 0 Å². The number of carbonyl (C=O) groups is 2. The van der Waals surface area contributed by atoms with Gasteiger partial charge in [0.15, 0.2) is 0 Å². The van der Waals surface area contributed by atoms with Gasteiger partial charge < -0.3 is 9.64 Å². The van der Waals surface area contributed by atoms with Crippen molar-refractivity contribution < 1.29 is 49.9 Å². The summed E-state index contributed by atoms with van der Waals surface area (Å²) in [6.07, 6.45) is -10.5. The molecule has 0 saturated carbocycles. The van der Waals surface area contributed by atoms with Crippen molar-refractivity contribution in [3.8, 4) is 5.75 Å². The fourth-order valence-corrected chi connectivity index (χ4v) is 7.48. The Morgan fingerprint density at radius 3 is 2.14 bits per heavy atom. The average Bonchev–Trinajstić information content (AvgIpc) is 2.96. The number of rotatable bonds is 8. The highest BCUT2D eigenvalue weighted by atomic mass is 32.2. The molecule has 2 aliphatic heterocycles. The van der Waals surface area contributed by atoms with Crippen LogP contribution in [0.5, 0.6) is 5.75 Å². The number of hydroxylamine groups is 1. The maximum Gasteiger partial charge on any atom is 0.499 e. The van der Waals surface area contributed by atoms with Gasteiger partial charge in [0.05, 0.1) is 11.2 Å². The second kappa shape index (κ2) is 12.1. The maximum atomic E-state index is 13.4. The first-order chi connectivity index (χ1) is 19.7. The van der Waals surface area contributed by atoms with E-state index in [0.29, 0.717) is 12.8 Å². The lowest BCUT2D eigenvalue weighted by atomic mass is 9.79. The SMILES string of the molecule is O=C(c1cccc(OC(F)(F)C(F)(F)F)c1)N1CCC(CS(=O)(=O)N2CCC(c3ccccc3)CC2)(C(=O)NO)CC1. The van der Waals surface area contributed by atoms with E-state index < -0.39 is 51.0 Å². The molecule has 2 heterocycles. The monoisotopic (exact) mass is 619 g/mol. The number of likely N-dealkylation sites (tertiary alicyclic amines) is 1. The van der Waals surface area contributed by atoms with Crippen molar-refractivity contribution in [2.24, 2.45) is 5.41 Å². The van der Waals surface area contributed by atoms with Crippen LogP contribution >= 0.6 is 0 Å². The highest BCUT2D eigenvalue weighted by Crippen LogP contribution is 2.39. The van der Waals surface area contributed by atoms with E-state index in [-0.39, 0.29) is 50.5 Å². The van der Waals surface area contributed by atoms with E-state index >= 15 is 0 Å². The molecule has 230 valence electrons. The third-order valence-corrected chi connectivity index (χ3v) is 9.89. The molecule has 2 aromatic carbocycles. The number of nitrogens with zero attached hydrogens (tertiary/aromatic N) is 2. The largest absolute Gasteiger partial charge is 0.499 e. The molecule has 4 rings (SSSR count). The van der Waals surface area contributed by atoms with Crippen molar-refractivity contribution in [2.75, 3.05) is 31.9 Å². The Morgan fingerprint density at radius 2 is 1.57 bits per heavy atom. The number of hydrogen-bond donors (Lipinski definition) is 2. The van der Waals surface area contributed by atoms with Gasteiger partial charge in [-0.25, -0.2) is 18.2 Å². The smallest absolute Gasteiger partial charge is 0.426 e. The molecule has 0 unspecified atom stereocenters. The molecule has 42 heavy (non-hydrogen) atoms. The van der Waals surface area contributed by atoms with Crippen LogP contribution < -0.4 is 10.2 Å². The molecule has 0 aromatic heterocycles. The second-order valence-electron chi connectivity index (χ2n) is 10.5. The molecule has 9 nitrogen and oxygen atoms in total. The molecule has 0 aliphatic carbocycles. The number of carbonyl (C=O) groups excluding carboxylic acids is 2. The van der Waals surface area contributed by atoms with E-state index in [9.17, 15) is 45.2 Å². The van der Waals surface area contributed by atoms with Gasteiger partial charge >= 0.3 is 12.3 Å². The molecular formula is C27H30F5N3O6S. The number of halogens is 5. The first kappa shape index (κ1) is 31.6. The van der Waals surface area contributed by atoms with Crippen LogP contribution in [0.25, 0.3) is 0 Å². The number of nitrogens with one attached hydrogen (secondary N) is 1. The normalized spacial score (nSPS) is 18.9. The van der Waals surface area contributed by atoms with E-state index in [1.165, 1.54) is 15.3 Å². The number of amides is 2. The van der Waals surface area contributed by atoms with Gasteiger partial charge in [-0.1, -0.05) is 36.4 Å². The van der Waals surface area contributed by atoms with Crippen molar-refractivity contribution in [2.45, 2.75) is 43.9 Å². The maximum absolute atomic E-state index is 13.4. The van der Waals surface area contributed by atoms with Gasteiger partial charge in [0.25, 0.3) is 11.8 Å². The summed E-state index contributed by atoms with van der Waals surface area (Å²) in [6, 6.07) is 13.6. The van der Waals surface area contributed by atoms with Gasteiger partial charge in [0, 0.05) is 31.7 Å². The van der Waals surface area contributed by atoms with Gasteiger partial charge in [-0.2, -0.15) is 22.0 Å². The van der Waals surface area contributed by atoms with Crippen molar-refractivity contribution in [3.63, 3.8) is 0 Å². The molecule has 2 fully saturated rings. The molecule has 2 aromatic rings. The summed E-state index contributed by atoms with van der Waals surface area (Å²) >= 11 is 0. The fraction of sp³-hybridized carbons (Fsp3) is 0.481. The zero-order chi connectivity index (χ0) is 30.8. The Balaban J connectivity index is 1.42. The van der Waals surface area contributed by atoms with Crippen LogP contribution in [0.4, 0.5) is 22.0 Å². The quantitative estimate of drug-likeness (QED) is 0.261. The van der Waals surface area contributed by atoms with Gasteiger partial charge in [-0.3, -0.25) is 14.8 Å². The van der Waals surface area contributed by atoms with Crippen LogP contribution in [0.15, 0.2) is 54.6 Å². The number of benzene rings is 2. The lowest BCUT2D eigenvalue weighted by molar-refractivity contribution is -0.360. The molecule has 2 aliphatic rings. The van der Waals surface area contributed by atoms with Gasteiger partial charge in [-0.05, 0) is 55.4 Å². The van der Waals surface area contributed by atoms with Crippen molar-refractivity contribution >= 4 is 21.8 Å². The van der Waals surface area contributed by atoms with Crippen molar-refractivity contribution in [1.82, 2.24) is 14.7 Å². The summed E-state index contributed by atoms with van der Waals surface area (Å²) < 4.78 is 96.1. The highest BCUT2D eigenvalue weighted by Gasteiger charge is 2.61. The summed E-state index contributed by atoms with van der Waals surface area (Å²) in [6.45, 7) is 0.244. The Hall–Kier alpha value is -3.30. The van der Waals surface area contributed by atoms with E-state index in [1.54, 1.807) is 5.48 Å². The van der Waals surface area contributed by atoms with Gasteiger partial charge in [-0.15, -0.1) is 0 Å². The van der Waals surface area contributed by atoms with E-state index in [4.69, 9.17) is 0 Å². The molecule has 15 heteroatoms. The molecule has 2 N–H and O–H groups in total. The van der Waals surface area contributed by atoms with Crippen LogP contribution in [0, 0.1) is 5.41 Å². The summed E-state index contributed by atoms with van der Waals surface area (Å²) in [5, 5.41) is 9.41. The van der Waals surface area contributed by atoms with Crippen molar-refractivity contribution in [3.05, 3.63) is 65.7 Å². The summed E-state index contributed by atoms with van der Waals surface area (Å²) in [5.74, 6) is -2.93. The van der Waals surface area contributed by atoms with E-state index in [0.717, 1.165) is 23.8 Å². The Morgan fingerprint density at radius 1 is 0.952 bits per heavy atom. The minimum atomic E-state index is -5.96. The third kappa shape index (κ3) is 6.84. The van der Waals surface area contributed by atoms with Crippen molar-refractivity contribution in [1.29, 1.82) is 0 Å². The van der Waals surface area contributed by atoms with E-state index in [1.807, 2.05) is 30.3 Å². The fourth-order valence-electron chi connectivity index (χ4n) is 5.41. The van der Waals surface area contributed by atoms with Crippen LogP contribution in [-0.4, -0.2) is 78.9 Å². The number of piperidine rings is 2. The predicted molar refractivity (Wildman–Crippen MR) is 139 cm³/mol. The molecule has 0 radical (unpaired) electrons. The summed E-state index contributed by atoms with van der Waals surface area (Å²) in [4.78, 5) is 27.0. The molecule has 2 saturated heterocycles. The molecule has 0 atom stereocenters. The molecular weight excluding hydrogens is 589 g/mol. The average molecular weight is 620 g/mol. The first-order valence-corrected chi connectivity index (χ1v) is 14.8. The summed E-state index contributed by atoms with van der Waals surface area (Å²) in [7, 11) is -3.95. The van der Waals surface area contributed by atoms with Crippen LogP contribution in [-0.2, 0) is 14.8 Å². The van der Waals surface area contributed by atoms with Crippen LogP contribution in [0.1, 0.15) is 47.5 Å². The predicted octanol–water partition coefficient (Wildman–Crippen LogP) is 4.16. The van der Waals surface area contributed by atoms with Gasteiger partial charge in [0.1, 0.15) is 5.75 Å². The zero-order valence-electron chi connectivity index (χ0n) is 22.3. The topological polar surface area (TPSA) is 116 Å². The molecule has 2 amide bonds. The minimum absolute atomic E-state index is 0.137. The standard InChI is InChI=1S/C27H30F5N3O6S/c28-26(29,30)27(31,32)41-22-8-4-7-21(17-22)23(36)34-15-11-25(12-16-34,24(37)33-38)18-42(39,40)35-13-9-20(10-14-35)19-5-2-1-3-6-19/h1-8,17,20,38H,9-16,18H2,(H,33,37). The Labute approximate surface area is 239 Å². The third-order valence-electron chi connectivity index (χ3n) is 7.82.